The van der Waals surface area contributed by atoms with E-state index in [4.69, 9.17) is 4.52 Å². The summed E-state index contributed by atoms with van der Waals surface area (Å²) < 4.78 is 4.95. The summed E-state index contributed by atoms with van der Waals surface area (Å²) in [7, 11) is 5.56. The van der Waals surface area contributed by atoms with E-state index in [-0.39, 0.29) is 11.9 Å². The van der Waals surface area contributed by atoms with E-state index in [9.17, 15) is 4.79 Å². The van der Waals surface area contributed by atoms with Crippen LogP contribution in [0.3, 0.4) is 0 Å². The van der Waals surface area contributed by atoms with Crippen LogP contribution in [0.2, 0.25) is 0 Å². The largest absolute Gasteiger partial charge is 0.340 e. The van der Waals surface area contributed by atoms with Crippen LogP contribution in [0.4, 0.5) is 0 Å². The molecule has 0 radical (unpaired) electrons. The van der Waals surface area contributed by atoms with Gasteiger partial charge in [-0.05, 0) is 32.1 Å². The molecular formula is C16H22N4O2. The van der Waals surface area contributed by atoms with Gasteiger partial charge in [0.05, 0.1) is 6.54 Å². The van der Waals surface area contributed by atoms with E-state index >= 15 is 0 Å². The van der Waals surface area contributed by atoms with Gasteiger partial charge in [-0.15, -0.1) is 0 Å². The van der Waals surface area contributed by atoms with Crippen molar-refractivity contribution in [3.05, 3.63) is 47.1 Å². The van der Waals surface area contributed by atoms with Gasteiger partial charge in [-0.3, -0.25) is 9.69 Å². The molecule has 2 rings (SSSR count). The minimum absolute atomic E-state index is 0.00162. The van der Waals surface area contributed by atoms with E-state index in [1.807, 2.05) is 50.2 Å². The lowest BCUT2D eigenvalue weighted by Crippen LogP contribution is -2.38. The van der Waals surface area contributed by atoms with Gasteiger partial charge in [0.25, 0.3) is 0 Å². The molecule has 1 heterocycles. The number of aromatic nitrogens is 2. The first-order valence-electron chi connectivity index (χ1n) is 7.16. The quantitative estimate of drug-likeness (QED) is 0.844. The second-order valence-electron chi connectivity index (χ2n) is 5.65. The third-order valence-electron chi connectivity index (χ3n) is 3.56. The minimum Gasteiger partial charge on any atom is -0.340 e. The van der Waals surface area contributed by atoms with E-state index < -0.39 is 0 Å². The second-order valence-corrected chi connectivity index (χ2v) is 5.65. The van der Waals surface area contributed by atoms with Gasteiger partial charge in [-0.25, -0.2) is 0 Å². The first-order chi connectivity index (χ1) is 10.4. The van der Waals surface area contributed by atoms with Gasteiger partial charge in [0.1, 0.15) is 6.04 Å². The molecule has 0 aliphatic heterocycles. The van der Waals surface area contributed by atoms with Crippen molar-refractivity contribution in [3.8, 4) is 0 Å². The first-order valence-corrected chi connectivity index (χ1v) is 7.16. The fourth-order valence-corrected chi connectivity index (χ4v) is 2.43. The van der Waals surface area contributed by atoms with Crippen molar-refractivity contribution in [2.45, 2.75) is 26.4 Å². The number of amides is 1. The van der Waals surface area contributed by atoms with Gasteiger partial charge < -0.3 is 9.42 Å². The highest BCUT2D eigenvalue weighted by Crippen LogP contribution is 2.24. The lowest BCUT2D eigenvalue weighted by atomic mass is 9.99. The summed E-state index contributed by atoms with van der Waals surface area (Å²) in [5.74, 6) is 1.01. The average Bonchev–Trinajstić information content (AvgIpc) is 2.86. The molecule has 0 fully saturated rings. The zero-order valence-electron chi connectivity index (χ0n) is 13.7. The number of hydrogen-bond donors (Lipinski definition) is 0. The van der Waals surface area contributed by atoms with Gasteiger partial charge in [0, 0.05) is 14.0 Å². The van der Waals surface area contributed by atoms with Crippen molar-refractivity contribution in [3.63, 3.8) is 0 Å². The second kappa shape index (κ2) is 6.70. The Morgan fingerprint density at radius 3 is 2.45 bits per heavy atom. The Bertz CT molecular complexity index is 651. The predicted octanol–water partition coefficient (Wildman–Crippen LogP) is 1.95. The van der Waals surface area contributed by atoms with Gasteiger partial charge in [-0.2, -0.15) is 4.98 Å². The summed E-state index contributed by atoms with van der Waals surface area (Å²) in [5.41, 5.74) is 2.10. The third kappa shape index (κ3) is 3.51. The molecule has 6 nitrogen and oxygen atoms in total. The summed E-state index contributed by atoms with van der Waals surface area (Å²) in [6, 6.07) is 7.60. The van der Waals surface area contributed by atoms with Gasteiger partial charge in [-0.1, -0.05) is 29.4 Å². The molecule has 0 aliphatic rings. The Kier molecular flexibility index (Phi) is 4.92. The smallest absolute Gasteiger partial charge is 0.244 e. The van der Waals surface area contributed by atoms with Gasteiger partial charge >= 0.3 is 0 Å². The monoisotopic (exact) mass is 302 g/mol. The molecule has 0 saturated carbocycles. The van der Waals surface area contributed by atoms with Crippen LogP contribution in [-0.2, 0) is 11.3 Å². The van der Waals surface area contributed by atoms with Crippen LogP contribution < -0.4 is 0 Å². The molecule has 0 N–H and O–H groups in total. The maximum absolute atomic E-state index is 12.8. The summed E-state index contributed by atoms with van der Waals surface area (Å²) in [6.07, 6.45) is 0. The van der Waals surface area contributed by atoms with Crippen LogP contribution in [0.25, 0.3) is 0 Å². The maximum atomic E-state index is 12.8. The lowest BCUT2D eigenvalue weighted by Gasteiger charge is -2.29. The molecule has 0 bridgehead atoms. The maximum Gasteiger partial charge on any atom is 0.244 e. The summed E-state index contributed by atoms with van der Waals surface area (Å²) in [4.78, 5) is 20.5. The molecule has 6 heteroatoms. The molecule has 0 aliphatic carbocycles. The fraction of sp³-hybridized carbons (Fsp3) is 0.438. The molecule has 1 amide bonds. The number of carbonyl (C=O) groups excluding carboxylic acids is 1. The Balaban J connectivity index is 2.21. The van der Waals surface area contributed by atoms with Crippen molar-refractivity contribution in [1.29, 1.82) is 0 Å². The summed E-state index contributed by atoms with van der Waals surface area (Å²) in [5, 5.41) is 3.84. The van der Waals surface area contributed by atoms with E-state index in [0.717, 1.165) is 11.1 Å². The molecular weight excluding hydrogens is 280 g/mol. The number of hydrogen-bond acceptors (Lipinski definition) is 5. The lowest BCUT2D eigenvalue weighted by molar-refractivity contribution is -0.135. The van der Waals surface area contributed by atoms with Crippen molar-refractivity contribution in [2.24, 2.45) is 0 Å². The summed E-state index contributed by atoms with van der Waals surface area (Å²) >= 11 is 0. The molecule has 1 aromatic heterocycles. The SMILES string of the molecule is Cc1nc(CN(C)C(=O)C(c2ccccc2C)N(C)C)no1. The van der Waals surface area contributed by atoms with Gasteiger partial charge in [0.15, 0.2) is 5.82 Å². The van der Waals surface area contributed by atoms with Crippen LogP contribution in [0, 0.1) is 13.8 Å². The fourth-order valence-electron chi connectivity index (χ4n) is 2.43. The number of benzene rings is 1. The number of carbonyl (C=O) groups is 1. The first kappa shape index (κ1) is 16.2. The van der Waals surface area contributed by atoms with E-state index in [1.165, 1.54) is 0 Å². The molecule has 1 aromatic carbocycles. The molecule has 2 aromatic rings. The average molecular weight is 302 g/mol. The highest BCUT2D eigenvalue weighted by molar-refractivity contribution is 5.83. The highest BCUT2D eigenvalue weighted by Gasteiger charge is 2.27. The Morgan fingerprint density at radius 2 is 1.91 bits per heavy atom. The molecule has 22 heavy (non-hydrogen) atoms. The van der Waals surface area contributed by atoms with Crippen molar-refractivity contribution in [2.75, 3.05) is 21.1 Å². The van der Waals surface area contributed by atoms with Crippen LogP contribution in [0.5, 0.6) is 0 Å². The van der Waals surface area contributed by atoms with Gasteiger partial charge in [0.2, 0.25) is 11.8 Å². The molecule has 0 spiro atoms. The molecule has 118 valence electrons. The number of nitrogens with zero attached hydrogens (tertiary/aromatic N) is 4. The Labute approximate surface area is 130 Å². The number of likely N-dealkylation sites (N-methyl/N-ethyl adjacent to an activating group) is 2. The Morgan fingerprint density at radius 1 is 1.23 bits per heavy atom. The number of aryl methyl sites for hydroxylation is 2. The summed E-state index contributed by atoms with van der Waals surface area (Å²) in [6.45, 7) is 4.07. The predicted molar refractivity (Wildman–Crippen MR) is 83.1 cm³/mol. The van der Waals surface area contributed by atoms with Crippen LogP contribution in [0.15, 0.2) is 28.8 Å². The van der Waals surface area contributed by atoms with Crippen LogP contribution in [0.1, 0.15) is 28.9 Å². The molecule has 0 saturated heterocycles. The standard InChI is InChI=1S/C16H22N4O2/c1-11-8-6-7-9-13(11)15(19(3)4)16(21)20(5)10-14-17-12(2)22-18-14/h6-9,15H,10H2,1-5H3. The Hall–Kier alpha value is -2.21. The van der Waals surface area contributed by atoms with E-state index in [0.29, 0.717) is 18.3 Å². The van der Waals surface area contributed by atoms with Crippen LogP contribution >= 0.6 is 0 Å². The van der Waals surface area contributed by atoms with Crippen LogP contribution in [-0.4, -0.2) is 47.0 Å². The normalized spacial score (nSPS) is 12.5. The van der Waals surface area contributed by atoms with E-state index in [2.05, 4.69) is 10.1 Å². The third-order valence-corrected chi connectivity index (χ3v) is 3.56. The zero-order chi connectivity index (χ0) is 16.3. The van der Waals surface area contributed by atoms with Crippen molar-refractivity contribution >= 4 is 5.91 Å². The molecule has 1 atom stereocenters. The van der Waals surface area contributed by atoms with E-state index in [1.54, 1.807) is 18.9 Å². The van der Waals surface area contributed by atoms with Crippen molar-refractivity contribution in [1.82, 2.24) is 19.9 Å². The number of rotatable bonds is 5. The topological polar surface area (TPSA) is 62.5 Å². The van der Waals surface area contributed by atoms with Crippen molar-refractivity contribution < 1.29 is 9.32 Å². The highest BCUT2D eigenvalue weighted by atomic mass is 16.5. The zero-order valence-corrected chi connectivity index (χ0v) is 13.7. The molecule has 1 unspecified atom stereocenters. The minimum atomic E-state index is -0.334.